The zero-order valence-corrected chi connectivity index (χ0v) is 14.0. The molecule has 6 heteroatoms. The van der Waals surface area contributed by atoms with E-state index >= 15 is 0 Å². The number of para-hydroxylation sites is 1. The molecule has 1 heterocycles. The van der Waals surface area contributed by atoms with Crippen LogP contribution >= 0.6 is 0 Å². The number of hydrogen-bond acceptors (Lipinski definition) is 4. The fourth-order valence-electron chi connectivity index (χ4n) is 2.92. The first kappa shape index (κ1) is 18.3. The maximum Gasteiger partial charge on any atom is 0.220 e. The van der Waals surface area contributed by atoms with E-state index in [9.17, 15) is 14.7 Å². The molecule has 1 aromatic rings. The number of rotatable bonds is 10. The molecule has 1 amide bonds. The van der Waals surface area contributed by atoms with Gasteiger partial charge in [-0.15, -0.1) is 0 Å². The summed E-state index contributed by atoms with van der Waals surface area (Å²) in [5, 5.41) is 13.1. The first-order valence-corrected chi connectivity index (χ1v) is 8.66. The summed E-state index contributed by atoms with van der Waals surface area (Å²) in [6.07, 6.45) is 2.99. The Morgan fingerprint density at radius 1 is 1.17 bits per heavy atom. The molecule has 0 bridgehead atoms. The molecule has 6 nitrogen and oxygen atoms in total. The lowest BCUT2D eigenvalue weighted by Crippen LogP contribution is -3.10. The Morgan fingerprint density at radius 3 is 2.67 bits per heavy atom. The Morgan fingerprint density at radius 2 is 1.92 bits per heavy atom. The van der Waals surface area contributed by atoms with Crippen LogP contribution in [-0.4, -0.2) is 44.7 Å². The van der Waals surface area contributed by atoms with Gasteiger partial charge in [-0.1, -0.05) is 18.2 Å². The van der Waals surface area contributed by atoms with Crippen LogP contribution in [0.25, 0.3) is 0 Å². The summed E-state index contributed by atoms with van der Waals surface area (Å²) in [6.45, 7) is 4.66. The number of hydrogen-bond donors (Lipinski definition) is 2. The zero-order valence-electron chi connectivity index (χ0n) is 14.0. The smallest absolute Gasteiger partial charge is 0.220 e. The third kappa shape index (κ3) is 6.58. The molecule has 2 N–H and O–H groups in total. The van der Waals surface area contributed by atoms with Gasteiger partial charge >= 0.3 is 0 Å². The lowest BCUT2D eigenvalue weighted by atomic mass is 10.1. The Labute approximate surface area is 142 Å². The van der Waals surface area contributed by atoms with Gasteiger partial charge in [-0.25, -0.2) is 0 Å². The molecular formula is C18H26N2O4. The molecule has 0 saturated carbocycles. The largest absolute Gasteiger partial charge is 0.550 e. The minimum atomic E-state index is -1.20. The number of ether oxygens (including phenoxy) is 1. The summed E-state index contributed by atoms with van der Waals surface area (Å²) < 4.78 is 5.92. The van der Waals surface area contributed by atoms with E-state index in [1.807, 2.05) is 24.3 Å². The van der Waals surface area contributed by atoms with Gasteiger partial charge in [0.05, 0.1) is 13.1 Å². The normalized spacial score (nSPS) is 14.5. The van der Waals surface area contributed by atoms with Gasteiger partial charge in [-0.3, -0.25) is 4.79 Å². The SMILES string of the molecule is O=C([O-])CCC(=O)NCCc1ccccc1OCC[NH+]1CCCC1. The summed E-state index contributed by atoms with van der Waals surface area (Å²) in [7, 11) is 0. The lowest BCUT2D eigenvalue weighted by Gasteiger charge is -2.15. The molecule has 0 atom stereocenters. The Balaban J connectivity index is 1.71. The topological polar surface area (TPSA) is 82.9 Å². The van der Waals surface area contributed by atoms with E-state index in [2.05, 4.69) is 5.32 Å². The van der Waals surface area contributed by atoms with Gasteiger partial charge in [-0.05, 0) is 24.5 Å². The molecule has 1 aliphatic rings. The Kier molecular flexibility index (Phi) is 7.55. The number of quaternary nitrogens is 1. The van der Waals surface area contributed by atoms with Gasteiger partial charge in [-0.2, -0.15) is 0 Å². The van der Waals surface area contributed by atoms with Crippen LogP contribution in [0.5, 0.6) is 5.75 Å². The van der Waals surface area contributed by atoms with Gasteiger partial charge in [0.15, 0.2) is 0 Å². The maximum atomic E-state index is 11.5. The fraction of sp³-hybridized carbons (Fsp3) is 0.556. The van der Waals surface area contributed by atoms with Crippen LogP contribution in [0.4, 0.5) is 0 Å². The van der Waals surface area contributed by atoms with Crippen molar-refractivity contribution in [3.63, 3.8) is 0 Å². The number of carboxylic acid groups (broad SMARTS) is 1. The van der Waals surface area contributed by atoms with Gasteiger partial charge in [0.2, 0.25) is 5.91 Å². The summed E-state index contributed by atoms with van der Waals surface area (Å²) in [6, 6.07) is 7.84. The predicted molar refractivity (Wildman–Crippen MR) is 87.7 cm³/mol. The monoisotopic (exact) mass is 334 g/mol. The van der Waals surface area contributed by atoms with Gasteiger partial charge < -0.3 is 24.9 Å². The van der Waals surface area contributed by atoms with Crippen molar-refractivity contribution in [2.24, 2.45) is 0 Å². The summed E-state index contributed by atoms with van der Waals surface area (Å²) in [5.41, 5.74) is 1.05. The molecule has 24 heavy (non-hydrogen) atoms. The summed E-state index contributed by atoms with van der Waals surface area (Å²) in [5.74, 6) is -0.612. The van der Waals surface area contributed by atoms with Crippen LogP contribution in [0.3, 0.4) is 0 Å². The number of amides is 1. The predicted octanol–water partition coefficient (Wildman–Crippen LogP) is -1.07. The second kappa shape index (κ2) is 9.93. The van der Waals surface area contributed by atoms with Crippen molar-refractivity contribution in [3.8, 4) is 5.75 Å². The van der Waals surface area contributed by atoms with E-state index in [0.717, 1.165) is 17.9 Å². The lowest BCUT2D eigenvalue weighted by molar-refractivity contribution is -0.887. The second-order valence-corrected chi connectivity index (χ2v) is 6.14. The number of nitrogens with one attached hydrogen (secondary N) is 2. The van der Waals surface area contributed by atoms with Crippen LogP contribution in [0, 0.1) is 0 Å². The molecule has 0 radical (unpaired) electrons. The third-order valence-corrected chi connectivity index (χ3v) is 4.27. The van der Waals surface area contributed by atoms with E-state index in [4.69, 9.17) is 4.74 Å². The van der Waals surface area contributed by atoms with Crippen LogP contribution in [0.2, 0.25) is 0 Å². The number of likely N-dealkylation sites (tertiary alicyclic amines) is 1. The first-order valence-electron chi connectivity index (χ1n) is 8.66. The number of aliphatic carboxylic acids is 1. The molecule has 132 valence electrons. The number of benzene rings is 1. The minimum Gasteiger partial charge on any atom is -0.550 e. The molecule has 1 aromatic carbocycles. The van der Waals surface area contributed by atoms with Crippen molar-refractivity contribution in [2.75, 3.05) is 32.8 Å². The van der Waals surface area contributed by atoms with E-state index in [1.165, 1.54) is 25.9 Å². The second-order valence-electron chi connectivity index (χ2n) is 6.14. The molecule has 2 rings (SSSR count). The maximum absolute atomic E-state index is 11.5. The van der Waals surface area contributed by atoms with Crippen molar-refractivity contribution < 1.29 is 24.3 Å². The fourth-order valence-corrected chi connectivity index (χ4v) is 2.92. The quantitative estimate of drug-likeness (QED) is 0.571. The first-order chi connectivity index (χ1) is 11.6. The molecule has 0 aromatic heterocycles. The van der Waals surface area contributed by atoms with E-state index in [0.29, 0.717) is 19.6 Å². The standard InChI is InChI=1S/C18H26N2O4/c21-17(7-8-18(22)23)19-10-9-15-5-1-2-6-16(15)24-14-13-20-11-3-4-12-20/h1-2,5-6H,3-4,7-14H2,(H,19,21)(H,22,23). The summed E-state index contributed by atoms with van der Waals surface area (Å²) >= 11 is 0. The van der Waals surface area contributed by atoms with Crippen LogP contribution in [0.15, 0.2) is 24.3 Å². The average Bonchev–Trinajstić information content (AvgIpc) is 3.08. The highest BCUT2D eigenvalue weighted by Crippen LogP contribution is 2.18. The third-order valence-electron chi connectivity index (χ3n) is 4.27. The van der Waals surface area contributed by atoms with E-state index < -0.39 is 5.97 Å². The average molecular weight is 334 g/mol. The van der Waals surface area contributed by atoms with Crippen molar-refractivity contribution >= 4 is 11.9 Å². The van der Waals surface area contributed by atoms with E-state index in [-0.39, 0.29) is 18.7 Å². The zero-order chi connectivity index (χ0) is 17.2. The molecule has 0 aliphatic carbocycles. The highest BCUT2D eigenvalue weighted by molar-refractivity contribution is 5.79. The van der Waals surface area contributed by atoms with Gasteiger partial charge in [0.1, 0.15) is 18.9 Å². The van der Waals surface area contributed by atoms with E-state index in [1.54, 1.807) is 4.90 Å². The van der Waals surface area contributed by atoms with Crippen molar-refractivity contribution in [2.45, 2.75) is 32.1 Å². The van der Waals surface area contributed by atoms with Crippen LogP contribution < -0.4 is 20.1 Å². The molecule has 1 aliphatic heterocycles. The highest BCUT2D eigenvalue weighted by atomic mass is 16.5. The molecule has 1 saturated heterocycles. The molecular weight excluding hydrogens is 308 g/mol. The van der Waals surface area contributed by atoms with Gasteiger partial charge in [0, 0.05) is 31.8 Å². The number of carbonyl (C=O) groups is 2. The number of carbonyl (C=O) groups excluding carboxylic acids is 2. The molecule has 0 spiro atoms. The highest BCUT2D eigenvalue weighted by Gasteiger charge is 2.15. The van der Waals surface area contributed by atoms with Crippen molar-refractivity contribution in [1.29, 1.82) is 0 Å². The van der Waals surface area contributed by atoms with Crippen LogP contribution in [-0.2, 0) is 16.0 Å². The molecule has 1 fully saturated rings. The summed E-state index contributed by atoms with van der Waals surface area (Å²) in [4.78, 5) is 23.4. The Hall–Kier alpha value is -2.08. The minimum absolute atomic E-state index is 0.0426. The van der Waals surface area contributed by atoms with Crippen molar-refractivity contribution in [1.82, 2.24) is 5.32 Å². The molecule has 0 unspecified atom stereocenters. The van der Waals surface area contributed by atoms with Crippen LogP contribution in [0.1, 0.15) is 31.2 Å². The van der Waals surface area contributed by atoms with Crippen molar-refractivity contribution in [3.05, 3.63) is 29.8 Å². The van der Waals surface area contributed by atoms with Gasteiger partial charge in [0.25, 0.3) is 0 Å². The Bertz CT molecular complexity index is 542. The number of carboxylic acids is 1.